The molecule has 0 N–H and O–H groups in total. The van der Waals surface area contributed by atoms with E-state index in [9.17, 15) is 18.0 Å². The summed E-state index contributed by atoms with van der Waals surface area (Å²) in [6, 6.07) is 11.6. The highest BCUT2D eigenvalue weighted by Gasteiger charge is 2.32. The SMILES string of the molecule is CC(OC(=O)c1ccc(Cl)c(S(=O)(=O)N2CCCC2)c1)C(=O)N1CCc2ccccc21. The summed E-state index contributed by atoms with van der Waals surface area (Å²) in [6.45, 7) is 2.89. The van der Waals surface area contributed by atoms with Gasteiger partial charge in [-0.15, -0.1) is 0 Å². The van der Waals surface area contributed by atoms with Gasteiger partial charge in [0.1, 0.15) is 4.90 Å². The number of amides is 1. The molecule has 1 amide bonds. The van der Waals surface area contributed by atoms with Gasteiger partial charge >= 0.3 is 5.97 Å². The quantitative estimate of drug-likeness (QED) is 0.637. The van der Waals surface area contributed by atoms with E-state index in [1.807, 2.05) is 24.3 Å². The third-order valence-electron chi connectivity index (χ3n) is 5.63. The Morgan fingerprint density at radius 3 is 2.52 bits per heavy atom. The minimum atomic E-state index is -3.80. The van der Waals surface area contributed by atoms with Gasteiger partial charge in [0.2, 0.25) is 10.0 Å². The molecule has 2 heterocycles. The van der Waals surface area contributed by atoms with E-state index in [2.05, 4.69) is 0 Å². The molecule has 0 aliphatic carbocycles. The van der Waals surface area contributed by atoms with E-state index in [4.69, 9.17) is 16.3 Å². The second kappa shape index (κ2) is 8.61. The zero-order valence-corrected chi connectivity index (χ0v) is 18.7. The highest BCUT2D eigenvalue weighted by molar-refractivity contribution is 7.89. The fraction of sp³-hybridized carbons (Fsp3) is 0.364. The fourth-order valence-electron chi connectivity index (χ4n) is 3.96. The lowest BCUT2D eigenvalue weighted by atomic mass is 10.2. The standard InChI is InChI=1S/C22H23ClN2O5S/c1-15(21(26)25-13-10-16-6-2-3-7-19(16)25)30-22(27)17-8-9-18(23)20(14-17)31(28,29)24-11-4-5-12-24/h2-3,6-9,14-15H,4-5,10-13H2,1H3. The first-order chi connectivity index (χ1) is 14.8. The fourth-order valence-corrected chi connectivity index (χ4v) is 5.98. The zero-order valence-electron chi connectivity index (χ0n) is 17.1. The zero-order chi connectivity index (χ0) is 22.2. The van der Waals surface area contributed by atoms with Crippen molar-refractivity contribution in [2.24, 2.45) is 0 Å². The number of nitrogens with zero attached hydrogens (tertiary/aromatic N) is 2. The van der Waals surface area contributed by atoms with Gasteiger partial charge in [-0.3, -0.25) is 4.79 Å². The molecule has 1 unspecified atom stereocenters. The smallest absolute Gasteiger partial charge is 0.338 e. The minimum Gasteiger partial charge on any atom is -0.449 e. The topological polar surface area (TPSA) is 84.0 Å². The molecule has 0 aromatic heterocycles. The lowest BCUT2D eigenvalue weighted by Gasteiger charge is -2.22. The van der Waals surface area contributed by atoms with Gasteiger partial charge < -0.3 is 9.64 Å². The Kier molecular flexibility index (Phi) is 6.05. The van der Waals surface area contributed by atoms with Crippen molar-refractivity contribution in [1.82, 2.24) is 4.31 Å². The van der Waals surface area contributed by atoms with Crippen molar-refractivity contribution in [3.05, 3.63) is 58.6 Å². The summed E-state index contributed by atoms with van der Waals surface area (Å²) < 4.78 is 32.5. The monoisotopic (exact) mass is 462 g/mol. The molecule has 2 aliphatic heterocycles. The van der Waals surface area contributed by atoms with Crippen LogP contribution in [0.4, 0.5) is 5.69 Å². The second-order valence-electron chi connectivity index (χ2n) is 7.67. The van der Waals surface area contributed by atoms with Crippen molar-refractivity contribution in [2.45, 2.75) is 37.2 Å². The molecular weight excluding hydrogens is 440 g/mol. The molecule has 7 nitrogen and oxygen atoms in total. The number of benzene rings is 2. The van der Waals surface area contributed by atoms with Crippen molar-refractivity contribution in [3.63, 3.8) is 0 Å². The van der Waals surface area contributed by atoms with Gasteiger partial charge in [0, 0.05) is 25.3 Å². The largest absolute Gasteiger partial charge is 0.449 e. The number of para-hydroxylation sites is 1. The third kappa shape index (κ3) is 4.20. The number of halogens is 1. The molecule has 1 fully saturated rings. The van der Waals surface area contributed by atoms with E-state index < -0.39 is 22.1 Å². The number of hydrogen-bond donors (Lipinski definition) is 0. The molecule has 1 atom stereocenters. The Balaban J connectivity index is 1.51. The summed E-state index contributed by atoms with van der Waals surface area (Å²) in [4.78, 5) is 27.0. The molecular formula is C22H23ClN2O5S. The predicted molar refractivity (Wildman–Crippen MR) is 117 cm³/mol. The molecule has 0 radical (unpaired) electrons. The lowest BCUT2D eigenvalue weighted by molar-refractivity contribution is -0.126. The Labute approximate surface area is 186 Å². The number of anilines is 1. The molecule has 9 heteroatoms. The van der Waals surface area contributed by atoms with Crippen molar-refractivity contribution < 1.29 is 22.7 Å². The highest BCUT2D eigenvalue weighted by Crippen LogP contribution is 2.30. The van der Waals surface area contributed by atoms with Gasteiger partial charge in [-0.25, -0.2) is 13.2 Å². The van der Waals surface area contributed by atoms with Crippen molar-refractivity contribution in [1.29, 1.82) is 0 Å². The number of carbonyl (C=O) groups excluding carboxylic acids is 2. The van der Waals surface area contributed by atoms with Crippen LogP contribution in [0.1, 0.15) is 35.7 Å². The Hall–Kier alpha value is -2.42. The molecule has 2 aliphatic rings. The average molecular weight is 463 g/mol. The van der Waals surface area contributed by atoms with Crippen molar-refractivity contribution in [2.75, 3.05) is 24.5 Å². The Bertz CT molecular complexity index is 1130. The van der Waals surface area contributed by atoms with Gasteiger partial charge in [-0.05, 0) is 56.0 Å². The molecule has 0 bridgehead atoms. The van der Waals surface area contributed by atoms with Gasteiger partial charge in [0.05, 0.1) is 10.6 Å². The first-order valence-electron chi connectivity index (χ1n) is 10.2. The summed E-state index contributed by atoms with van der Waals surface area (Å²) >= 11 is 6.14. The van der Waals surface area contributed by atoms with Gasteiger partial charge in [0.15, 0.2) is 6.10 Å². The second-order valence-corrected chi connectivity index (χ2v) is 9.99. The number of ether oxygens (including phenoxy) is 1. The molecule has 31 heavy (non-hydrogen) atoms. The van der Waals surface area contributed by atoms with Crippen LogP contribution >= 0.6 is 11.6 Å². The first-order valence-corrected chi connectivity index (χ1v) is 12.0. The van der Waals surface area contributed by atoms with Crippen LogP contribution in [0.25, 0.3) is 0 Å². The maximum Gasteiger partial charge on any atom is 0.338 e. The molecule has 164 valence electrons. The van der Waals surface area contributed by atoms with Crippen LogP contribution in [0.5, 0.6) is 0 Å². The highest BCUT2D eigenvalue weighted by atomic mass is 35.5. The molecule has 2 aromatic rings. The number of carbonyl (C=O) groups is 2. The number of sulfonamides is 1. The summed E-state index contributed by atoms with van der Waals surface area (Å²) in [5.41, 5.74) is 1.92. The van der Waals surface area contributed by atoms with Gasteiger partial charge in [0.25, 0.3) is 5.91 Å². The summed E-state index contributed by atoms with van der Waals surface area (Å²) in [7, 11) is -3.80. The number of esters is 1. The van der Waals surface area contributed by atoms with Crippen LogP contribution in [0.3, 0.4) is 0 Å². The lowest BCUT2D eigenvalue weighted by Crippen LogP contribution is -2.39. The number of hydrogen-bond acceptors (Lipinski definition) is 5. The van der Waals surface area contributed by atoms with E-state index in [0.29, 0.717) is 19.6 Å². The van der Waals surface area contributed by atoms with Crippen LogP contribution in [0.2, 0.25) is 5.02 Å². The van der Waals surface area contributed by atoms with Crippen LogP contribution in [0.15, 0.2) is 47.4 Å². The van der Waals surface area contributed by atoms with Crippen LogP contribution in [-0.2, 0) is 26.0 Å². The molecule has 0 saturated carbocycles. The predicted octanol–water partition coefficient (Wildman–Crippen LogP) is 3.26. The maximum atomic E-state index is 12.9. The maximum absolute atomic E-state index is 12.9. The number of rotatable bonds is 5. The average Bonchev–Trinajstić information content (AvgIpc) is 3.44. The van der Waals surface area contributed by atoms with Gasteiger partial charge in [-0.1, -0.05) is 29.8 Å². The van der Waals surface area contributed by atoms with Crippen LogP contribution in [-0.4, -0.2) is 50.3 Å². The van der Waals surface area contributed by atoms with E-state index >= 15 is 0 Å². The van der Waals surface area contributed by atoms with Crippen LogP contribution in [0, 0.1) is 0 Å². The van der Waals surface area contributed by atoms with E-state index in [1.54, 1.807) is 4.90 Å². The van der Waals surface area contributed by atoms with E-state index in [0.717, 1.165) is 30.5 Å². The Morgan fingerprint density at radius 2 is 1.77 bits per heavy atom. The van der Waals surface area contributed by atoms with Crippen molar-refractivity contribution >= 4 is 39.2 Å². The number of fused-ring (bicyclic) bond motifs is 1. The first kappa shape index (κ1) is 21.8. The van der Waals surface area contributed by atoms with E-state index in [-0.39, 0.29) is 21.4 Å². The normalized spacial score (nSPS) is 17.4. The van der Waals surface area contributed by atoms with E-state index in [1.165, 1.54) is 29.4 Å². The molecule has 0 spiro atoms. The summed E-state index contributed by atoms with van der Waals surface area (Å²) in [5, 5.41) is 0.0428. The van der Waals surface area contributed by atoms with Crippen molar-refractivity contribution in [3.8, 4) is 0 Å². The van der Waals surface area contributed by atoms with Crippen LogP contribution < -0.4 is 4.90 Å². The molecule has 1 saturated heterocycles. The summed E-state index contributed by atoms with van der Waals surface area (Å²) in [5.74, 6) is -1.10. The summed E-state index contributed by atoms with van der Waals surface area (Å²) in [6.07, 6.45) is 1.31. The van der Waals surface area contributed by atoms with Gasteiger partial charge in [-0.2, -0.15) is 4.31 Å². The molecule has 4 rings (SSSR count). The third-order valence-corrected chi connectivity index (χ3v) is 8.01. The minimum absolute atomic E-state index is 0.0312. The molecule has 2 aromatic carbocycles. The Morgan fingerprint density at radius 1 is 1.06 bits per heavy atom.